The predicted octanol–water partition coefficient (Wildman–Crippen LogP) is 3.81. The van der Waals surface area contributed by atoms with E-state index in [1.165, 1.54) is 0 Å². The van der Waals surface area contributed by atoms with Crippen LogP contribution in [0.1, 0.15) is 40.0 Å². The fourth-order valence-electron chi connectivity index (χ4n) is 1.34. The van der Waals surface area contributed by atoms with Crippen molar-refractivity contribution in [3.05, 3.63) is 0 Å². The van der Waals surface area contributed by atoms with E-state index in [1.54, 1.807) is 6.92 Å². The first-order valence-corrected chi connectivity index (χ1v) is 6.12. The van der Waals surface area contributed by atoms with Gasteiger partial charge in [-0.3, -0.25) is 9.59 Å². The van der Waals surface area contributed by atoms with Gasteiger partial charge in [0.2, 0.25) is 0 Å². The van der Waals surface area contributed by atoms with E-state index in [0.29, 0.717) is 12.8 Å². The predicted molar refractivity (Wildman–Crippen MR) is 60.3 cm³/mol. The van der Waals surface area contributed by atoms with Crippen LogP contribution in [0.4, 0.5) is 26.3 Å². The fourth-order valence-corrected chi connectivity index (χ4v) is 1.34. The molecule has 0 rings (SSSR count). The maximum Gasteiger partial charge on any atom is 0.434 e. The Kier molecular flexibility index (Phi) is 6.25. The van der Waals surface area contributed by atoms with Gasteiger partial charge in [0.05, 0.1) is 0 Å². The van der Waals surface area contributed by atoms with Crippen molar-refractivity contribution in [3.8, 4) is 0 Å². The summed E-state index contributed by atoms with van der Waals surface area (Å²) in [5.74, 6) is -2.61. The summed E-state index contributed by atoms with van der Waals surface area (Å²) in [4.78, 5) is 23.2. The third-order valence-electron chi connectivity index (χ3n) is 2.78. The van der Waals surface area contributed by atoms with E-state index in [0.717, 1.165) is 13.8 Å². The number of ether oxygens (including phenoxy) is 1. The smallest absolute Gasteiger partial charge is 0.434 e. The molecule has 0 aliphatic heterocycles. The number of esters is 1. The standard InChI is InChI=1S/C12H16F6O3/c1-4-5-6-7(19)10(2,3)9(20)21-8(11(13,14)15)12(16,17)18/h8H,4-6H2,1-3H3. The summed E-state index contributed by atoms with van der Waals surface area (Å²) in [6.07, 6.45) is -15.0. The molecule has 0 spiro atoms. The Labute approximate surface area is 117 Å². The van der Waals surface area contributed by atoms with E-state index in [1.807, 2.05) is 0 Å². The Morgan fingerprint density at radius 1 is 1.00 bits per heavy atom. The first-order chi connectivity index (χ1) is 9.24. The molecule has 0 aromatic rings. The second-order valence-electron chi connectivity index (χ2n) is 5.02. The summed E-state index contributed by atoms with van der Waals surface area (Å²) >= 11 is 0. The zero-order valence-electron chi connectivity index (χ0n) is 11.7. The minimum atomic E-state index is -5.80. The molecule has 21 heavy (non-hydrogen) atoms. The molecule has 124 valence electrons. The molecule has 0 heterocycles. The van der Waals surface area contributed by atoms with E-state index >= 15 is 0 Å². The first kappa shape index (κ1) is 19.7. The molecular formula is C12H16F6O3. The molecule has 0 amide bonds. The third kappa shape index (κ3) is 5.55. The highest BCUT2D eigenvalue weighted by atomic mass is 19.4. The van der Waals surface area contributed by atoms with Gasteiger partial charge in [0.15, 0.2) is 0 Å². The summed E-state index contributed by atoms with van der Waals surface area (Å²) in [7, 11) is 0. The van der Waals surface area contributed by atoms with Crippen LogP contribution in [0.2, 0.25) is 0 Å². The Balaban J connectivity index is 5.11. The number of Topliss-reactive ketones (excluding diaryl/α,β-unsaturated/α-hetero) is 1. The number of carbonyl (C=O) groups is 2. The summed E-state index contributed by atoms with van der Waals surface area (Å²) in [6.45, 7) is 3.62. The van der Waals surface area contributed by atoms with Gasteiger partial charge in [-0.2, -0.15) is 26.3 Å². The molecule has 0 saturated carbocycles. The average Bonchev–Trinajstić information content (AvgIpc) is 2.29. The number of alkyl halides is 6. The van der Waals surface area contributed by atoms with Crippen molar-refractivity contribution in [1.29, 1.82) is 0 Å². The second kappa shape index (κ2) is 6.65. The molecule has 0 aromatic heterocycles. The second-order valence-corrected chi connectivity index (χ2v) is 5.02. The maximum absolute atomic E-state index is 12.3. The Hall–Kier alpha value is -1.28. The number of hydrogen-bond donors (Lipinski definition) is 0. The number of unbranched alkanes of at least 4 members (excludes halogenated alkanes) is 1. The highest BCUT2D eigenvalue weighted by Crippen LogP contribution is 2.37. The summed E-state index contributed by atoms with van der Waals surface area (Å²) in [6, 6.07) is 0. The molecule has 0 fully saturated rings. The van der Waals surface area contributed by atoms with Crippen LogP contribution in [0.5, 0.6) is 0 Å². The van der Waals surface area contributed by atoms with Gasteiger partial charge in [0, 0.05) is 6.42 Å². The van der Waals surface area contributed by atoms with Gasteiger partial charge >= 0.3 is 18.3 Å². The number of rotatable bonds is 6. The molecular weight excluding hydrogens is 306 g/mol. The number of carbonyl (C=O) groups excluding carboxylic acids is 2. The zero-order chi connectivity index (χ0) is 17.1. The first-order valence-electron chi connectivity index (χ1n) is 6.12. The monoisotopic (exact) mass is 322 g/mol. The molecule has 3 nitrogen and oxygen atoms in total. The number of halogens is 6. The Bertz CT molecular complexity index is 369. The van der Waals surface area contributed by atoms with Crippen molar-refractivity contribution in [2.24, 2.45) is 5.41 Å². The van der Waals surface area contributed by atoms with Gasteiger partial charge in [0.25, 0.3) is 6.10 Å². The lowest BCUT2D eigenvalue weighted by Crippen LogP contribution is -2.48. The zero-order valence-corrected chi connectivity index (χ0v) is 11.7. The van der Waals surface area contributed by atoms with Crippen molar-refractivity contribution in [3.63, 3.8) is 0 Å². The summed E-state index contributed by atoms with van der Waals surface area (Å²) < 4.78 is 77.3. The van der Waals surface area contributed by atoms with Gasteiger partial charge < -0.3 is 4.74 Å². The van der Waals surface area contributed by atoms with Crippen LogP contribution in [-0.2, 0) is 14.3 Å². The van der Waals surface area contributed by atoms with E-state index in [9.17, 15) is 35.9 Å². The largest absolute Gasteiger partial charge is 0.442 e. The molecule has 0 radical (unpaired) electrons. The molecule has 0 aromatic carbocycles. The van der Waals surface area contributed by atoms with Gasteiger partial charge in [-0.05, 0) is 20.3 Å². The van der Waals surface area contributed by atoms with Crippen molar-refractivity contribution >= 4 is 11.8 Å². The van der Waals surface area contributed by atoms with Crippen LogP contribution in [-0.4, -0.2) is 30.2 Å². The summed E-state index contributed by atoms with van der Waals surface area (Å²) in [5.41, 5.74) is -2.07. The highest BCUT2D eigenvalue weighted by Gasteiger charge is 2.60. The molecule has 9 heteroatoms. The molecule has 0 bridgehead atoms. The Morgan fingerprint density at radius 3 is 1.76 bits per heavy atom. The highest BCUT2D eigenvalue weighted by molar-refractivity contribution is 6.02. The van der Waals surface area contributed by atoms with Crippen LogP contribution in [0.25, 0.3) is 0 Å². The molecule has 0 saturated heterocycles. The van der Waals surface area contributed by atoms with Gasteiger partial charge in [-0.15, -0.1) is 0 Å². The summed E-state index contributed by atoms with van der Waals surface area (Å²) in [5, 5.41) is 0. The molecule has 0 atom stereocenters. The lowest BCUT2D eigenvalue weighted by molar-refractivity contribution is -0.315. The minimum Gasteiger partial charge on any atom is -0.442 e. The van der Waals surface area contributed by atoms with Crippen molar-refractivity contribution in [1.82, 2.24) is 0 Å². The quantitative estimate of drug-likeness (QED) is 0.424. The SMILES string of the molecule is CCCCC(=O)C(C)(C)C(=O)OC(C(F)(F)F)C(F)(F)F. The normalized spacial score (nSPS) is 13.4. The van der Waals surface area contributed by atoms with Gasteiger partial charge in [-0.1, -0.05) is 13.3 Å². The average molecular weight is 322 g/mol. The minimum absolute atomic E-state index is 0.124. The van der Waals surface area contributed by atoms with E-state index in [-0.39, 0.29) is 6.42 Å². The molecule has 0 aliphatic carbocycles. The lowest BCUT2D eigenvalue weighted by Gasteiger charge is -2.27. The van der Waals surface area contributed by atoms with Gasteiger partial charge in [-0.25, -0.2) is 0 Å². The van der Waals surface area contributed by atoms with Crippen LogP contribution in [0.15, 0.2) is 0 Å². The maximum atomic E-state index is 12.3. The van der Waals surface area contributed by atoms with Crippen molar-refractivity contribution < 1.29 is 40.7 Å². The Morgan fingerprint density at radius 2 is 1.43 bits per heavy atom. The van der Waals surface area contributed by atoms with Crippen molar-refractivity contribution in [2.45, 2.75) is 58.5 Å². The lowest BCUT2D eigenvalue weighted by atomic mass is 9.85. The van der Waals surface area contributed by atoms with Crippen molar-refractivity contribution in [2.75, 3.05) is 0 Å². The van der Waals surface area contributed by atoms with Gasteiger partial charge in [0.1, 0.15) is 11.2 Å². The van der Waals surface area contributed by atoms with Crippen LogP contribution in [0, 0.1) is 5.41 Å². The third-order valence-corrected chi connectivity index (χ3v) is 2.78. The van der Waals surface area contributed by atoms with E-state index in [4.69, 9.17) is 0 Å². The number of ketones is 1. The molecule has 0 N–H and O–H groups in total. The molecule has 0 unspecified atom stereocenters. The number of hydrogen-bond acceptors (Lipinski definition) is 3. The topological polar surface area (TPSA) is 43.4 Å². The molecule has 0 aliphatic rings. The van der Waals surface area contributed by atoms with Crippen LogP contribution in [0.3, 0.4) is 0 Å². The van der Waals surface area contributed by atoms with Crippen LogP contribution < -0.4 is 0 Å². The fraction of sp³-hybridized carbons (Fsp3) is 0.833. The van der Waals surface area contributed by atoms with E-state index < -0.39 is 35.6 Å². The van der Waals surface area contributed by atoms with E-state index in [2.05, 4.69) is 4.74 Å². The van der Waals surface area contributed by atoms with Crippen LogP contribution >= 0.6 is 0 Å².